The van der Waals surface area contributed by atoms with Crippen LogP contribution in [0.4, 0.5) is 4.79 Å². The van der Waals surface area contributed by atoms with E-state index in [1.54, 1.807) is 0 Å². The molecule has 0 N–H and O–H groups in total. The summed E-state index contributed by atoms with van der Waals surface area (Å²) >= 11 is 0. The van der Waals surface area contributed by atoms with E-state index in [1.807, 2.05) is 84.8 Å². The van der Waals surface area contributed by atoms with Crippen LogP contribution < -0.4 is 5.56 Å². The summed E-state index contributed by atoms with van der Waals surface area (Å²) < 4.78 is 7.67. The highest BCUT2D eigenvalue weighted by atomic mass is 16.6. The van der Waals surface area contributed by atoms with Gasteiger partial charge < -0.3 is 14.2 Å². The molecule has 2 heterocycles. The second-order valence-corrected chi connectivity index (χ2v) is 9.98. The standard InChI is InChI=1S/C28H30N2O3/c1-28(2,3)33-27(32)29-15-10-16-30-25(23-18-24(23)29)21(19-11-6-4-7-12-19)17-22(26(30)31)20-13-8-5-9-14-20/h4-9,11-14,17,23-24H,10,15-16,18H2,1-3H3. The number of hydrogen-bond donors (Lipinski definition) is 0. The van der Waals surface area contributed by atoms with Crippen molar-refractivity contribution >= 4 is 6.09 Å². The van der Waals surface area contributed by atoms with E-state index in [-0.39, 0.29) is 23.6 Å². The van der Waals surface area contributed by atoms with Gasteiger partial charge in [0.05, 0.1) is 0 Å². The first-order chi connectivity index (χ1) is 15.8. The molecule has 2 aliphatic rings. The summed E-state index contributed by atoms with van der Waals surface area (Å²) in [6, 6.07) is 22.2. The van der Waals surface area contributed by atoms with Gasteiger partial charge in [-0.3, -0.25) is 4.79 Å². The lowest BCUT2D eigenvalue weighted by molar-refractivity contribution is 0.0221. The smallest absolute Gasteiger partial charge is 0.410 e. The van der Waals surface area contributed by atoms with Crippen molar-refractivity contribution in [3.8, 4) is 22.3 Å². The number of aromatic nitrogens is 1. The molecule has 5 heteroatoms. The number of ether oxygens (including phenoxy) is 1. The largest absolute Gasteiger partial charge is 0.444 e. The molecule has 0 spiro atoms. The molecule has 0 bridgehead atoms. The first-order valence-electron chi connectivity index (χ1n) is 11.7. The lowest BCUT2D eigenvalue weighted by Crippen LogP contribution is -2.41. The van der Waals surface area contributed by atoms with Crippen molar-refractivity contribution in [2.24, 2.45) is 0 Å². The molecule has 0 radical (unpaired) electrons. The van der Waals surface area contributed by atoms with Gasteiger partial charge in [-0.05, 0) is 50.8 Å². The van der Waals surface area contributed by atoms with E-state index in [2.05, 4.69) is 12.1 Å². The molecule has 5 nitrogen and oxygen atoms in total. The zero-order valence-corrected chi connectivity index (χ0v) is 19.5. The number of amides is 1. The molecule has 1 amide bonds. The van der Waals surface area contributed by atoms with Crippen molar-refractivity contribution in [2.75, 3.05) is 6.54 Å². The average molecular weight is 443 g/mol. The fourth-order valence-electron chi connectivity index (χ4n) is 4.91. The van der Waals surface area contributed by atoms with Crippen LogP contribution in [0.25, 0.3) is 22.3 Å². The topological polar surface area (TPSA) is 51.5 Å². The van der Waals surface area contributed by atoms with Gasteiger partial charge in [-0.15, -0.1) is 0 Å². The van der Waals surface area contributed by atoms with E-state index < -0.39 is 5.60 Å². The fourth-order valence-corrected chi connectivity index (χ4v) is 4.91. The molecule has 0 saturated heterocycles. The van der Waals surface area contributed by atoms with Crippen LogP contribution in [-0.2, 0) is 11.3 Å². The predicted octanol–water partition coefficient (Wildman–Crippen LogP) is 5.68. The summed E-state index contributed by atoms with van der Waals surface area (Å²) in [6.07, 6.45) is 1.30. The van der Waals surface area contributed by atoms with Crippen molar-refractivity contribution in [1.82, 2.24) is 9.47 Å². The molecular formula is C28H30N2O3. The van der Waals surface area contributed by atoms with Crippen LogP contribution in [0.15, 0.2) is 71.5 Å². The van der Waals surface area contributed by atoms with Crippen molar-refractivity contribution in [2.45, 2.75) is 57.7 Å². The molecule has 33 heavy (non-hydrogen) atoms. The minimum absolute atomic E-state index is 0.0484. The van der Waals surface area contributed by atoms with Crippen LogP contribution in [0, 0.1) is 0 Å². The van der Waals surface area contributed by atoms with Crippen LogP contribution in [0.5, 0.6) is 0 Å². The first-order valence-corrected chi connectivity index (χ1v) is 11.7. The maximum absolute atomic E-state index is 13.7. The van der Waals surface area contributed by atoms with Crippen LogP contribution in [-0.4, -0.2) is 33.7 Å². The van der Waals surface area contributed by atoms with Gasteiger partial charge in [0, 0.05) is 41.9 Å². The minimum atomic E-state index is -0.529. The van der Waals surface area contributed by atoms with E-state index in [9.17, 15) is 9.59 Å². The fraction of sp³-hybridized carbons (Fsp3) is 0.357. The molecular weight excluding hydrogens is 412 g/mol. The number of hydrogen-bond acceptors (Lipinski definition) is 3. The summed E-state index contributed by atoms with van der Waals surface area (Å²) in [6.45, 7) is 6.86. The number of carbonyl (C=O) groups excluding carboxylic acids is 1. The molecule has 2 aromatic carbocycles. The number of benzene rings is 2. The second-order valence-electron chi connectivity index (χ2n) is 9.98. The Labute approximate surface area is 194 Å². The summed E-state index contributed by atoms with van der Waals surface area (Å²) in [5, 5.41) is 0. The maximum atomic E-state index is 13.7. The molecule has 1 fully saturated rings. The van der Waals surface area contributed by atoms with E-state index in [0.29, 0.717) is 19.5 Å². The van der Waals surface area contributed by atoms with Crippen LogP contribution in [0.3, 0.4) is 0 Å². The van der Waals surface area contributed by atoms with Crippen LogP contribution in [0.1, 0.15) is 45.2 Å². The summed E-state index contributed by atoms with van der Waals surface area (Å²) in [7, 11) is 0. The van der Waals surface area contributed by atoms with Crippen molar-refractivity contribution in [3.05, 3.63) is 82.8 Å². The van der Waals surface area contributed by atoms with Gasteiger partial charge in [-0.1, -0.05) is 60.7 Å². The number of pyridine rings is 1. The Kier molecular flexibility index (Phi) is 5.35. The third kappa shape index (κ3) is 4.20. The molecule has 2 unspecified atom stereocenters. The third-order valence-electron chi connectivity index (χ3n) is 6.42. The quantitative estimate of drug-likeness (QED) is 0.513. The van der Waals surface area contributed by atoms with Gasteiger partial charge in [0.2, 0.25) is 0 Å². The number of carbonyl (C=O) groups is 1. The van der Waals surface area contributed by atoms with E-state index in [0.717, 1.165) is 34.4 Å². The molecule has 1 aromatic heterocycles. The van der Waals surface area contributed by atoms with Crippen molar-refractivity contribution < 1.29 is 9.53 Å². The highest BCUT2D eigenvalue weighted by Gasteiger charge is 2.49. The normalized spacial score (nSPS) is 19.7. The third-order valence-corrected chi connectivity index (χ3v) is 6.42. The molecule has 3 aromatic rings. The van der Waals surface area contributed by atoms with Crippen LogP contribution >= 0.6 is 0 Å². The summed E-state index contributed by atoms with van der Waals surface area (Å²) in [4.78, 5) is 28.5. The molecule has 1 saturated carbocycles. The molecule has 1 aliphatic carbocycles. The van der Waals surface area contributed by atoms with Gasteiger partial charge in [-0.2, -0.15) is 0 Å². The minimum Gasteiger partial charge on any atom is -0.444 e. The van der Waals surface area contributed by atoms with E-state index >= 15 is 0 Å². The second kappa shape index (κ2) is 8.22. The van der Waals surface area contributed by atoms with Crippen molar-refractivity contribution in [1.29, 1.82) is 0 Å². The van der Waals surface area contributed by atoms with E-state index in [4.69, 9.17) is 4.74 Å². The van der Waals surface area contributed by atoms with Crippen LogP contribution in [0.2, 0.25) is 0 Å². The Hall–Kier alpha value is -3.34. The van der Waals surface area contributed by atoms with E-state index in [1.165, 1.54) is 0 Å². The Balaban J connectivity index is 1.63. The Morgan fingerprint density at radius 2 is 1.52 bits per heavy atom. The number of nitrogens with zero attached hydrogens (tertiary/aromatic N) is 2. The number of fused-ring (bicyclic) bond motifs is 3. The highest BCUT2D eigenvalue weighted by Crippen LogP contribution is 2.49. The summed E-state index contributed by atoms with van der Waals surface area (Å²) in [5.74, 6) is 0.130. The van der Waals surface area contributed by atoms with Gasteiger partial charge in [0.25, 0.3) is 5.56 Å². The predicted molar refractivity (Wildman–Crippen MR) is 130 cm³/mol. The zero-order chi connectivity index (χ0) is 23.2. The molecule has 2 atom stereocenters. The molecule has 1 aliphatic heterocycles. The van der Waals surface area contributed by atoms with Gasteiger partial charge in [-0.25, -0.2) is 4.79 Å². The Bertz CT molecular complexity index is 1230. The SMILES string of the molecule is CC(C)(C)OC(=O)N1CCCn2c(c(-c3ccccc3)cc(-c3ccccc3)c2=O)C2CC21. The lowest BCUT2D eigenvalue weighted by Gasteiger charge is -2.30. The highest BCUT2D eigenvalue weighted by molar-refractivity contribution is 5.76. The van der Waals surface area contributed by atoms with Crippen molar-refractivity contribution in [3.63, 3.8) is 0 Å². The molecule has 170 valence electrons. The summed E-state index contributed by atoms with van der Waals surface area (Å²) in [5.41, 5.74) is 4.38. The van der Waals surface area contributed by atoms with Gasteiger partial charge in [0.15, 0.2) is 0 Å². The number of rotatable bonds is 2. The van der Waals surface area contributed by atoms with Gasteiger partial charge in [0.1, 0.15) is 5.60 Å². The lowest BCUT2D eigenvalue weighted by atomic mass is 9.95. The monoisotopic (exact) mass is 442 g/mol. The maximum Gasteiger partial charge on any atom is 0.410 e. The Morgan fingerprint density at radius 3 is 2.12 bits per heavy atom. The first kappa shape index (κ1) is 21.5. The Morgan fingerprint density at radius 1 is 0.909 bits per heavy atom. The molecule has 5 rings (SSSR count). The average Bonchev–Trinajstić information content (AvgIpc) is 3.55. The van der Waals surface area contributed by atoms with Gasteiger partial charge >= 0.3 is 6.09 Å². The zero-order valence-electron chi connectivity index (χ0n) is 19.5.